The predicted molar refractivity (Wildman–Crippen MR) is 80.9 cm³/mol. The van der Waals surface area contributed by atoms with Gasteiger partial charge in [-0.3, -0.25) is 4.79 Å². The van der Waals surface area contributed by atoms with Crippen molar-refractivity contribution in [3.63, 3.8) is 0 Å². The molecule has 1 amide bonds. The summed E-state index contributed by atoms with van der Waals surface area (Å²) in [5.74, 6) is -1.35. The molecule has 0 saturated carbocycles. The van der Waals surface area contributed by atoms with Gasteiger partial charge in [-0.05, 0) is 18.1 Å². The van der Waals surface area contributed by atoms with Gasteiger partial charge in [-0.1, -0.05) is 38.3 Å². The van der Waals surface area contributed by atoms with Gasteiger partial charge in [0.25, 0.3) is 15.0 Å². The third-order valence-electron chi connectivity index (χ3n) is 3.23. The lowest BCUT2D eigenvalue weighted by Crippen LogP contribution is -2.29. The second kappa shape index (κ2) is 7.42. The summed E-state index contributed by atoms with van der Waals surface area (Å²) in [4.78, 5) is 11.5. The number of amides is 1. The van der Waals surface area contributed by atoms with Crippen molar-refractivity contribution in [1.82, 2.24) is 5.32 Å². The van der Waals surface area contributed by atoms with Gasteiger partial charge in [-0.15, -0.1) is 0 Å². The van der Waals surface area contributed by atoms with E-state index >= 15 is 0 Å². The highest BCUT2D eigenvalue weighted by molar-refractivity contribution is 8.13. The molecule has 0 heterocycles. The number of halogens is 3. The number of hydrogen-bond acceptors (Lipinski definition) is 3. The Bertz CT molecular complexity index is 631. The average Bonchev–Trinajstić information content (AvgIpc) is 2.41. The molecule has 1 rings (SSSR count). The van der Waals surface area contributed by atoms with Gasteiger partial charge >= 0.3 is 0 Å². The van der Waals surface area contributed by atoms with Crippen LogP contribution in [0.4, 0.5) is 4.39 Å². The summed E-state index contributed by atoms with van der Waals surface area (Å²) in [7, 11) is 1.02. The number of carbonyl (C=O) groups is 1. The van der Waals surface area contributed by atoms with Crippen molar-refractivity contribution in [3.05, 3.63) is 28.5 Å². The van der Waals surface area contributed by atoms with Crippen LogP contribution in [0.2, 0.25) is 5.02 Å². The number of hydrogen-bond donors (Lipinski definition) is 1. The molecule has 0 aliphatic carbocycles. The van der Waals surface area contributed by atoms with Gasteiger partial charge in [-0.25, -0.2) is 12.8 Å². The molecule has 0 fully saturated rings. The summed E-state index contributed by atoms with van der Waals surface area (Å²) < 4.78 is 36.1. The van der Waals surface area contributed by atoms with Gasteiger partial charge in [0.2, 0.25) is 0 Å². The van der Waals surface area contributed by atoms with Crippen LogP contribution in [-0.2, 0) is 9.05 Å². The highest BCUT2D eigenvalue weighted by Crippen LogP contribution is 2.26. The molecule has 0 bridgehead atoms. The smallest absolute Gasteiger partial charge is 0.261 e. The quantitative estimate of drug-likeness (QED) is 0.793. The maximum absolute atomic E-state index is 13.6. The van der Waals surface area contributed by atoms with Crippen molar-refractivity contribution in [2.75, 3.05) is 6.54 Å². The molecule has 1 aromatic carbocycles. The SMILES string of the molecule is CCC(CC)CNC(=O)c1cc(S(=O)(=O)Cl)cc(F)c1Cl. The van der Waals surface area contributed by atoms with Crippen LogP contribution in [0.25, 0.3) is 0 Å². The standard InChI is InChI=1S/C13H16Cl2FNO3S/c1-3-8(4-2)7-17-13(18)10-5-9(21(15,19)20)6-11(16)12(10)14/h5-6,8H,3-4,7H2,1-2H3,(H,17,18). The van der Waals surface area contributed by atoms with Gasteiger partial charge in [0.1, 0.15) is 5.82 Å². The van der Waals surface area contributed by atoms with Crippen LogP contribution < -0.4 is 5.32 Å². The molecule has 0 spiro atoms. The van der Waals surface area contributed by atoms with Crippen molar-refractivity contribution >= 4 is 37.2 Å². The Hall–Kier alpha value is -0.850. The van der Waals surface area contributed by atoms with E-state index < -0.39 is 30.7 Å². The number of carbonyl (C=O) groups excluding carboxylic acids is 1. The van der Waals surface area contributed by atoms with Crippen LogP contribution >= 0.6 is 22.3 Å². The molecule has 0 atom stereocenters. The third-order valence-corrected chi connectivity index (χ3v) is 4.95. The predicted octanol–water partition coefficient (Wildman–Crippen LogP) is 3.57. The monoisotopic (exact) mass is 355 g/mol. The topological polar surface area (TPSA) is 63.2 Å². The molecule has 21 heavy (non-hydrogen) atoms. The summed E-state index contributed by atoms with van der Waals surface area (Å²) in [6, 6.07) is 1.65. The van der Waals surface area contributed by atoms with Crippen LogP contribution in [0.1, 0.15) is 37.0 Å². The van der Waals surface area contributed by atoms with Gasteiger partial charge in [-0.2, -0.15) is 0 Å². The Labute approximate surface area is 133 Å². The summed E-state index contributed by atoms with van der Waals surface area (Å²) in [6.45, 7) is 4.39. The highest BCUT2D eigenvalue weighted by atomic mass is 35.7. The van der Waals surface area contributed by atoms with E-state index in [4.69, 9.17) is 22.3 Å². The minimum absolute atomic E-state index is 0.248. The fourth-order valence-corrected chi connectivity index (χ4v) is 2.74. The Morgan fingerprint density at radius 2 is 1.90 bits per heavy atom. The van der Waals surface area contributed by atoms with Crippen molar-refractivity contribution in [2.24, 2.45) is 5.92 Å². The molecular weight excluding hydrogens is 340 g/mol. The Balaban J connectivity index is 3.06. The van der Waals surface area contributed by atoms with Crippen molar-refractivity contribution < 1.29 is 17.6 Å². The van der Waals surface area contributed by atoms with Crippen molar-refractivity contribution in [3.8, 4) is 0 Å². The highest BCUT2D eigenvalue weighted by Gasteiger charge is 2.21. The van der Waals surface area contributed by atoms with E-state index in [0.717, 1.165) is 18.9 Å². The summed E-state index contributed by atoms with van der Waals surface area (Å²) in [5, 5.41) is 2.19. The van der Waals surface area contributed by atoms with Gasteiger partial charge < -0.3 is 5.32 Å². The van der Waals surface area contributed by atoms with Crippen LogP contribution in [0, 0.1) is 11.7 Å². The first-order chi connectivity index (χ1) is 9.70. The van der Waals surface area contributed by atoms with Crippen molar-refractivity contribution in [1.29, 1.82) is 0 Å². The number of benzene rings is 1. The first-order valence-electron chi connectivity index (χ1n) is 6.42. The average molecular weight is 356 g/mol. The summed E-state index contributed by atoms with van der Waals surface area (Å²) in [5.41, 5.74) is -0.248. The molecule has 0 aliphatic heterocycles. The van der Waals surface area contributed by atoms with Gasteiger partial charge in [0.15, 0.2) is 0 Å². The molecule has 0 aromatic heterocycles. The second-order valence-electron chi connectivity index (χ2n) is 4.60. The molecule has 118 valence electrons. The maximum Gasteiger partial charge on any atom is 0.261 e. The minimum Gasteiger partial charge on any atom is -0.352 e. The maximum atomic E-state index is 13.6. The van der Waals surface area contributed by atoms with Crippen molar-refractivity contribution in [2.45, 2.75) is 31.6 Å². The van der Waals surface area contributed by atoms with Gasteiger partial charge in [0.05, 0.1) is 15.5 Å². The van der Waals surface area contributed by atoms with Crippen LogP contribution in [0.15, 0.2) is 17.0 Å². The third kappa shape index (κ3) is 4.83. The molecule has 8 heteroatoms. The van der Waals surface area contributed by atoms with Gasteiger partial charge in [0, 0.05) is 17.2 Å². The zero-order valence-electron chi connectivity index (χ0n) is 11.6. The van der Waals surface area contributed by atoms with E-state index in [1.165, 1.54) is 0 Å². The molecule has 1 aromatic rings. The van der Waals surface area contributed by atoms with E-state index in [1.807, 2.05) is 13.8 Å². The largest absolute Gasteiger partial charge is 0.352 e. The Morgan fingerprint density at radius 3 is 2.38 bits per heavy atom. The van der Waals surface area contributed by atoms with E-state index in [-0.39, 0.29) is 11.5 Å². The van der Waals surface area contributed by atoms with Crippen LogP contribution in [0.3, 0.4) is 0 Å². The number of nitrogens with one attached hydrogen (secondary N) is 1. The van der Waals surface area contributed by atoms with E-state index in [9.17, 15) is 17.6 Å². The minimum atomic E-state index is -4.15. The lowest BCUT2D eigenvalue weighted by molar-refractivity contribution is 0.0946. The summed E-state index contributed by atoms with van der Waals surface area (Å²) >= 11 is 5.72. The zero-order valence-corrected chi connectivity index (χ0v) is 13.9. The van der Waals surface area contributed by atoms with E-state index in [2.05, 4.69) is 5.32 Å². The fraction of sp³-hybridized carbons (Fsp3) is 0.462. The molecule has 0 saturated heterocycles. The van der Waals surface area contributed by atoms with Crippen LogP contribution in [-0.4, -0.2) is 20.9 Å². The first kappa shape index (κ1) is 18.2. The van der Waals surface area contributed by atoms with E-state index in [0.29, 0.717) is 12.6 Å². The van der Waals surface area contributed by atoms with E-state index in [1.54, 1.807) is 0 Å². The Morgan fingerprint density at radius 1 is 1.33 bits per heavy atom. The number of rotatable bonds is 6. The molecule has 1 N–H and O–H groups in total. The molecule has 0 radical (unpaired) electrons. The first-order valence-corrected chi connectivity index (χ1v) is 9.11. The fourth-order valence-electron chi connectivity index (χ4n) is 1.78. The zero-order chi connectivity index (χ0) is 16.2. The normalized spacial score (nSPS) is 11.7. The van der Waals surface area contributed by atoms with Crippen LogP contribution in [0.5, 0.6) is 0 Å². The lowest BCUT2D eigenvalue weighted by Gasteiger charge is -2.14. The summed E-state index contributed by atoms with van der Waals surface area (Å²) in [6.07, 6.45) is 1.77. The molecule has 4 nitrogen and oxygen atoms in total. The molecule has 0 aliphatic rings. The molecule has 0 unspecified atom stereocenters. The second-order valence-corrected chi connectivity index (χ2v) is 7.54. The Kier molecular flexibility index (Phi) is 6.43. The molecular formula is C13H16Cl2FNO3S. The lowest BCUT2D eigenvalue weighted by atomic mass is 10.0.